The molecule has 0 spiro atoms. The number of carbonyl (C=O) groups is 1. The van der Waals surface area contributed by atoms with Crippen LogP contribution in [0.3, 0.4) is 0 Å². The molecule has 0 fully saturated rings. The molecular formula is C13H6ClN5O5S. The van der Waals surface area contributed by atoms with Crippen LogP contribution in [-0.4, -0.2) is 31.1 Å². The first-order valence-electron chi connectivity index (χ1n) is 6.44. The average molecular weight is 380 g/mol. The molecule has 10 nitrogen and oxygen atoms in total. The zero-order valence-corrected chi connectivity index (χ0v) is 13.5. The summed E-state index contributed by atoms with van der Waals surface area (Å²) in [6.45, 7) is 0. The molecule has 0 amide bonds. The Morgan fingerprint density at radius 3 is 2.76 bits per heavy atom. The van der Waals surface area contributed by atoms with Crippen LogP contribution in [0.1, 0.15) is 10.4 Å². The molecule has 0 unspecified atom stereocenters. The van der Waals surface area contributed by atoms with Gasteiger partial charge in [0.1, 0.15) is 28.3 Å². The SMILES string of the molecule is O=C(O)c1cc2c(O)ccc(N=Nc3ncc([N+](=O)[O-])s3)c2nc1Cl. The third kappa shape index (κ3) is 3.22. The lowest BCUT2D eigenvalue weighted by atomic mass is 10.1. The molecule has 2 aromatic heterocycles. The van der Waals surface area contributed by atoms with Gasteiger partial charge >= 0.3 is 11.0 Å². The van der Waals surface area contributed by atoms with E-state index in [2.05, 4.69) is 20.2 Å². The number of rotatable bonds is 4. The van der Waals surface area contributed by atoms with E-state index in [1.54, 1.807) is 0 Å². The summed E-state index contributed by atoms with van der Waals surface area (Å²) in [4.78, 5) is 28.8. The zero-order chi connectivity index (χ0) is 18.1. The first-order valence-corrected chi connectivity index (χ1v) is 7.63. The fraction of sp³-hybridized carbons (Fsp3) is 0. The van der Waals surface area contributed by atoms with Crippen molar-refractivity contribution in [1.82, 2.24) is 9.97 Å². The predicted molar refractivity (Wildman–Crippen MR) is 88.3 cm³/mol. The maximum absolute atomic E-state index is 11.1. The molecule has 3 aromatic rings. The predicted octanol–water partition coefficient (Wildman–Crippen LogP) is 4.07. The number of pyridine rings is 1. The van der Waals surface area contributed by atoms with Crippen LogP contribution < -0.4 is 0 Å². The Kier molecular flexibility index (Phi) is 4.25. The molecule has 25 heavy (non-hydrogen) atoms. The van der Waals surface area contributed by atoms with Gasteiger partial charge in [-0.25, -0.2) is 14.8 Å². The Morgan fingerprint density at radius 1 is 1.36 bits per heavy atom. The van der Waals surface area contributed by atoms with Gasteiger partial charge in [-0.3, -0.25) is 10.1 Å². The maximum atomic E-state index is 11.1. The van der Waals surface area contributed by atoms with Crippen molar-refractivity contribution in [3.8, 4) is 5.75 Å². The van der Waals surface area contributed by atoms with Crippen molar-refractivity contribution in [3.05, 3.63) is 45.2 Å². The number of halogens is 1. The lowest BCUT2D eigenvalue weighted by Gasteiger charge is -2.06. The normalized spacial score (nSPS) is 11.2. The number of azo groups is 1. The van der Waals surface area contributed by atoms with E-state index >= 15 is 0 Å². The third-order valence-corrected chi connectivity index (χ3v) is 4.15. The fourth-order valence-corrected chi connectivity index (χ4v) is 2.70. The first-order chi connectivity index (χ1) is 11.9. The summed E-state index contributed by atoms with van der Waals surface area (Å²) in [6.07, 6.45) is 1.06. The second-order valence-corrected chi connectivity index (χ2v) is 5.92. The van der Waals surface area contributed by atoms with E-state index in [9.17, 15) is 20.0 Å². The van der Waals surface area contributed by atoms with Crippen molar-refractivity contribution in [3.63, 3.8) is 0 Å². The molecule has 0 aliphatic carbocycles. The first kappa shape index (κ1) is 16.7. The number of phenolic OH excluding ortho intramolecular Hbond substituents is 1. The molecule has 0 atom stereocenters. The van der Waals surface area contributed by atoms with Crippen LogP contribution in [0.15, 0.2) is 34.6 Å². The van der Waals surface area contributed by atoms with Gasteiger partial charge in [-0.05, 0) is 29.5 Å². The third-order valence-electron chi connectivity index (χ3n) is 3.03. The summed E-state index contributed by atoms with van der Waals surface area (Å²) >= 11 is 6.58. The minimum Gasteiger partial charge on any atom is -0.507 e. The number of nitrogens with zero attached hydrogens (tertiary/aromatic N) is 5. The highest BCUT2D eigenvalue weighted by Crippen LogP contribution is 2.35. The van der Waals surface area contributed by atoms with Gasteiger partial charge in [0.15, 0.2) is 0 Å². The summed E-state index contributed by atoms with van der Waals surface area (Å²) < 4.78 is 0. The Bertz CT molecular complexity index is 1050. The average Bonchev–Trinajstić information content (AvgIpc) is 3.03. The van der Waals surface area contributed by atoms with Crippen molar-refractivity contribution in [1.29, 1.82) is 0 Å². The topological polar surface area (TPSA) is 151 Å². The highest BCUT2D eigenvalue weighted by Gasteiger charge is 2.16. The second kappa shape index (κ2) is 6.37. The number of hydrogen-bond donors (Lipinski definition) is 2. The van der Waals surface area contributed by atoms with Gasteiger partial charge in [0.05, 0.1) is 10.5 Å². The zero-order valence-electron chi connectivity index (χ0n) is 12.0. The molecule has 1 aromatic carbocycles. The van der Waals surface area contributed by atoms with E-state index in [1.807, 2.05) is 0 Å². The van der Waals surface area contributed by atoms with Crippen molar-refractivity contribution in [2.45, 2.75) is 0 Å². The number of nitro groups is 1. The van der Waals surface area contributed by atoms with Gasteiger partial charge in [-0.1, -0.05) is 11.6 Å². The van der Waals surface area contributed by atoms with E-state index in [-0.39, 0.29) is 43.2 Å². The van der Waals surface area contributed by atoms with Crippen molar-refractivity contribution in [2.75, 3.05) is 0 Å². The highest BCUT2D eigenvalue weighted by molar-refractivity contribution is 7.18. The van der Waals surface area contributed by atoms with Gasteiger partial charge in [0.25, 0.3) is 0 Å². The molecule has 0 saturated heterocycles. The minimum atomic E-state index is -1.29. The molecule has 12 heteroatoms. The lowest BCUT2D eigenvalue weighted by molar-refractivity contribution is -0.380. The van der Waals surface area contributed by atoms with E-state index in [0.717, 1.165) is 17.5 Å². The van der Waals surface area contributed by atoms with Gasteiger partial charge in [-0.2, -0.15) is 0 Å². The number of hydrogen-bond acceptors (Lipinski definition) is 9. The largest absolute Gasteiger partial charge is 0.507 e. The van der Waals surface area contributed by atoms with Crippen molar-refractivity contribution >= 4 is 55.6 Å². The van der Waals surface area contributed by atoms with E-state index < -0.39 is 10.9 Å². The molecule has 0 saturated carbocycles. The number of aromatic nitrogens is 2. The second-order valence-electron chi connectivity index (χ2n) is 4.57. The maximum Gasteiger partial charge on any atom is 0.345 e. The Labute approximate surface area is 147 Å². The summed E-state index contributed by atoms with van der Waals surface area (Å²) in [5.41, 5.74) is 0.0448. The molecule has 0 aliphatic heterocycles. The van der Waals surface area contributed by atoms with Gasteiger partial charge in [0.2, 0.25) is 5.13 Å². The molecule has 0 bridgehead atoms. The quantitative estimate of drug-likeness (QED) is 0.300. The van der Waals surface area contributed by atoms with Crippen LogP contribution in [-0.2, 0) is 0 Å². The Balaban J connectivity index is 2.08. The number of aromatic carboxylic acids is 1. The Hall–Kier alpha value is -3.18. The fourth-order valence-electron chi connectivity index (χ4n) is 1.92. The summed E-state index contributed by atoms with van der Waals surface area (Å²) in [5.74, 6) is -1.49. The minimum absolute atomic E-state index is 0.0566. The molecule has 126 valence electrons. The van der Waals surface area contributed by atoms with E-state index in [0.29, 0.717) is 0 Å². The van der Waals surface area contributed by atoms with Crippen molar-refractivity contribution < 1.29 is 19.9 Å². The van der Waals surface area contributed by atoms with Gasteiger partial charge in [0, 0.05) is 5.39 Å². The van der Waals surface area contributed by atoms with Gasteiger partial charge in [-0.15, -0.1) is 10.2 Å². The monoisotopic (exact) mass is 379 g/mol. The number of benzene rings is 1. The number of carboxylic acids is 1. The number of thiazole rings is 1. The highest BCUT2D eigenvalue weighted by atomic mass is 35.5. The van der Waals surface area contributed by atoms with Crippen LogP contribution in [0.4, 0.5) is 15.8 Å². The summed E-state index contributed by atoms with van der Waals surface area (Å²) in [7, 11) is 0. The molecule has 2 heterocycles. The molecule has 2 N–H and O–H groups in total. The lowest BCUT2D eigenvalue weighted by Crippen LogP contribution is -1.99. The standard InChI is InChI=1S/C13H6ClN5O5S/c14-11-6(12(21)22)3-5-8(20)2-1-7(10(5)16-11)17-18-13-15-4-9(25-13)19(23)24/h1-4,20H,(H,21,22). The smallest absolute Gasteiger partial charge is 0.345 e. The van der Waals surface area contributed by atoms with Crippen molar-refractivity contribution in [2.24, 2.45) is 10.2 Å². The van der Waals surface area contributed by atoms with Gasteiger partial charge < -0.3 is 10.2 Å². The van der Waals surface area contributed by atoms with E-state index in [4.69, 9.17) is 16.7 Å². The molecule has 0 radical (unpaired) electrons. The number of phenols is 1. The number of carboxylic acid groups (broad SMARTS) is 1. The Morgan fingerprint density at radius 2 is 2.12 bits per heavy atom. The molecule has 3 rings (SSSR count). The van der Waals surface area contributed by atoms with Crippen LogP contribution in [0.5, 0.6) is 5.75 Å². The van der Waals surface area contributed by atoms with Crippen LogP contribution in [0.25, 0.3) is 10.9 Å². The van der Waals surface area contributed by atoms with Crippen LogP contribution in [0.2, 0.25) is 5.15 Å². The molecule has 0 aliphatic rings. The summed E-state index contributed by atoms with van der Waals surface area (Å²) in [5, 5.41) is 37.0. The molecular weight excluding hydrogens is 374 g/mol. The van der Waals surface area contributed by atoms with E-state index in [1.165, 1.54) is 18.2 Å². The van der Waals surface area contributed by atoms with Crippen LogP contribution in [0, 0.1) is 10.1 Å². The summed E-state index contributed by atoms with van der Waals surface area (Å²) in [6, 6.07) is 3.87. The number of fused-ring (bicyclic) bond motifs is 1. The number of aromatic hydroxyl groups is 1. The van der Waals surface area contributed by atoms with Crippen LogP contribution >= 0.6 is 22.9 Å².